The first-order valence-corrected chi connectivity index (χ1v) is 11.7. The van der Waals surface area contributed by atoms with Crippen LogP contribution in [-0.2, 0) is 11.3 Å². The molecule has 2 aromatic heterocycles. The van der Waals surface area contributed by atoms with Gasteiger partial charge in [0.1, 0.15) is 17.9 Å². The van der Waals surface area contributed by atoms with Crippen molar-refractivity contribution in [1.82, 2.24) is 14.9 Å². The zero-order valence-electron chi connectivity index (χ0n) is 17.4. The van der Waals surface area contributed by atoms with E-state index in [4.69, 9.17) is 16.3 Å². The van der Waals surface area contributed by atoms with Crippen molar-refractivity contribution in [2.24, 2.45) is 0 Å². The van der Waals surface area contributed by atoms with Crippen LogP contribution in [0.3, 0.4) is 0 Å². The number of thiophene rings is 1. The number of halogens is 1. The number of aryl methyl sites for hydroxylation is 1. The summed E-state index contributed by atoms with van der Waals surface area (Å²) in [6, 6.07) is 7.42. The number of carbonyl (C=O) groups is 1. The Hall–Kier alpha value is -2.26. The molecule has 1 fully saturated rings. The molecular formula is C22H26ClN4O3S+. The molecule has 1 aliphatic rings. The molecule has 1 amide bonds. The van der Waals surface area contributed by atoms with Crippen LogP contribution < -0.4 is 15.8 Å². The highest BCUT2D eigenvalue weighted by atomic mass is 35.5. The fourth-order valence-corrected chi connectivity index (χ4v) is 5.08. The number of hydrogen-bond acceptors (Lipinski definition) is 5. The van der Waals surface area contributed by atoms with Crippen molar-refractivity contribution in [2.45, 2.75) is 19.9 Å². The predicted molar refractivity (Wildman–Crippen MR) is 123 cm³/mol. The summed E-state index contributed by atoms with van der Waals surface area (Å²) in [5, 5.41) is 4.10. The Morgan fingerprint density at radius 1 is 1.32 bits per heavy atom. The van der Waals surface area contributed by atoms with E-state index in [1.54, 1.807) is 6.07 Å². The van der Waals surface area contributed by atoms with Gasteiger partial charge in [0.15, 0.2) is 0 Å². The van der Waals surface area contributed by atoms with Crippen molar-refractivity contribution >= 4 is 39.1 Å². The summed E-state index contributed by atoms with van der Waals surface area (Å²) in [5.41, 5.74) is 1.37. The molecule has 1 aromatic carbocycles. The number of quaternary nitrogens is 1. The zero-order chi connectivity index (χ0) is 21.8. The Kier molecular flexibility index (Phi) is 7.02. The lowest BCUT2D eigenvalue weighted by atomic mass is 10.2. The summed E-state index contributed by atoms with van der Waals surface area (Å²) in [4.78, 5) is 32.9. The van der Waals surface area contributed by atoms with E-state index in [0.29, 0.717) is 38.8 Å². The highest BCUT2D eigenvalue weighted by Gasteiger charge is 2.20. The molecule has 3 aromatic rings. The third-order valence-corrected chi connectivity index (χ3v) is 7.18. The maximum Gasteiger partial charge on any atom is 0.262 e. The fraction of sp³-hybridized carbons (Fsp3) is 0.409. The van der Waals surface area contributed by atoms with Crippen molar-refractivity contribution in [2.75, 3.05) is 39.4 Å². The van der Waals surface area contributed by atoms with Gasteiger partial charge in [-0.15, -0.1) is 11.3 Å². The van der Waals surface area contributed by atoms with E-state index in [1.165, 1.54) is 27.1 Å². The Bertz CT molecular complexity index is 1140. The molecule has 3 heterocycles. The SMILES string of the molecule is Cc1c(C(=O)NCCC[NH+]2CCOCC2)sc2ncn(Cc3ccccc3Cl)c(=O)c12. The van der Waals surface area contributed by atoms with Crippen molar-refractivity contribution in [3.8, 4) is 0 Å². The Labute approximate surface area is 189 Å². The third kappa shape index (κ3) is 4.98. The number of amides is 1. The van der Waals surface area contributed by atoms with E-state index in [1.807, 2.05) is 25.1 Å². The van der Waals surface area contributed by atoms with Gasteiger partial charge in [-0.2, -0.15) is 0 Å². The largest absolute Gasteiger partial charge is 0.370 e. The van der Waals surface area contributed by atoms with Crippen LogP contribution in [-0.4, -0.2) is 54.9 Å². The smallest absolute Gasteiger partial charge is 0.262 e. The van der Waals surface area contributed by atoms with Gasteiger partial charge in [0.25, 0.3) is 11.5 Å². The molecule has 31 heavy (non-hydrogen) atoms. The molecule has 0 bridgehead atoms. The lowest BCUT2D eigenvalue weighted by molar-refractivity contribution is -0.908. The monoisotopic (exact) mass is 461 g/mol. The fourth-order valence-electron chi connectivity index (χ4n) is 3.83. The summed E-state index contributed by atoms with van der Waals surface area (Å²) in [6.45, 7) is 7.44. The van der Waals surface area contributed by atoms with Crippen LogP contribution in [0.1, 0.15) is 27.2 Å². The molecule has 9 heteroatoms. The average Bonchev–Trinajstić information content (AvgIpc) is 3.12. The number of hydrogen-bond donors (Lipinski definition) is 2. The summed E-state index contributed by atoms with van der Waals surface area (Å²) >= 11 is 7.50. The lowest BCUT2D eigenvalue weighted by Crippen LogP contribution is -3.14. The van der Waals surface area contributed by atoms with E-state index in [2.05, 4.69) is 10.3 Å². The maximum absolute atomic E-state index is 13.1. The number of nitrogens with zero attached hydrogens (tertiary/aromatic N) is 2. The van der Waals surface area contributed by atoms with E-state index >= 15 is 0 Å². The van der Waals surface area contributed by atoms with Gasteiger partial charge >= 0.3 is 0 Å². The quantitative estimate of drug-likeness (QED) is 0.523. The molecule has 0 unspecified atom stereocenters. The number of benzene rings is 1. The highest BCUT2D eigenvalue weighted by Crippen LogP contribution is 2.27. The number of nitrogens with one attached hydrogen (secondary N) is 2. The first kappa shape index (κ1) is 22.0. The van der Waals surface area contributed by atoms with E-state index in [9.17, 15) is 9.59 Å². The lowest BCUT2D eigenvalue weighted by Gasteiger charge is -2.23. The average molecular weight is 462 g/mol. The summed E-state index contributed by atoms with van der Waals surface area (Å²) < 4.78 is 6.91. The van der Waals surface area contributed by atoms with Gasteiger partial charge < -0.3 is 15.0 Å². The minimum Gasteiger partial charge on any atom is -0.370 e. The molecule has 0 atom stereocenters. The van der Waals surface area contributed by atoms with Crippen LogP contribution in [0.2, 0.25) is 5.02 Å². The van der Waals surface area contributed by atoms with Gasteiger partial charge in [0.2, 0.25) is 0 Å². The van der Waals surface area contributed by atoms with E-state index in [0.717, 1.165) is 44.8 Å². The molecule has 1 saturated heterocycles. The van der Waals surface area contributed by atoms with Crippen molar-refractivity contribution < 1.29 is 14.4 Å². The molecule has 7 nitrogen and oxygen atoms in total. The van der Waals surface area contributed by atoms with Gasteiger partial charge in [-0.25, -0.2) is 4.98 Å². The summed E-state index contributed by atoms with van der Waals surface area (Å²) in [5.74, 6) is -0.144. The number of carbonyl (C=O) groups excluding carboxylic acids is 1. The first-order valence-electron chi connectivity index (χ1n) is 10.5. The maximum atomic E-state index is 13.1. The topological polar surface area (TPSA) is 77.7 Å². The third-order valence-electron chi connectivity index (χ3n) is 5.61. The molecule has 0 spiro atoms. The number of morpholine rings is 1. The van der Waals surface area contributed by atoms with Crippen LogP contribution >= 0.6 is 22.9 Å². The first-order chi connectivity index (χ1) is 15.0. The van der Waals surface area contributed by atoms with Crippen LogP contribution in [0.15, 0.2) is 35.4 Å². The van der Waals surface area contributed by atoms with Gasteiger partial charge in [0, 0.05) is 18.0 Å². The van der Waals surface area contributed by atoms with Crippen LogP contribution in [0.25, 0.3) is 10.2 Å². The number of aromatic nitrogens is 2. The Morgan fingerprint density at radius 3 is 2.87 bits per heavy atom. The predicted octanol–water partition coefficient (Wildman–Crippen LogP) is 1.50. The van der Waals surface area contributed by atoms with Gasteiger partial charge in [-0.3, -0.25) is 14.2 Å². The standard InChI is InChI=1S/C22H25ClN4O3S/c1-15-18-21(25-14-27(22(18)29)13-16-5-2-3-6-17(16)23)31-19(15)20(28)24-7-4-8-26-9-11-30-12-10-26/h2-3,5-6,14H,4,7-13H2,1H3,(H,24,28)/p+1. The van der Waals surface area contributed by atoms with Gasteiger partial charge in [0.05, 0.1) is 42.9 Å². The molecule has 1 aliphatic heterocycles. The van der Waals surface area contributed by atoms with Gasteiger partial charge in [-0.1, -0.05) is 29.8 Å². The van der Waals surface area contributed by atoms with Crippen LogP contribution in [0.5, 0.6) is 0 Å². The van der Waals surface area contributed by atoms with Gasteiger partial charge in [-0.05, 0) is 24.1 Å². The summed E-state index contributed by atoms with van der Waals surface area (Å²) in [6.07, 6.45) is 2.44. The second kappa shape index (κ2) is 9.91. The molecular weight excluding hydrogens is 436 g/mol. The molecule has 4 rings (SSSR count). The van der Waals surface area contributed by atoms with Crippen molar-refractivity contribution in [1.29, 1.82) is 0 Å². The number of fused-ring (bicyclic) bond motifs is 1. The zero-order valence-corrected chi connectivity index (χ0v) is 19.0. The second-order valence-corrected chi connectivity index (χ2v) is 9.13. The normalized spacial score (nSPS) is 14.8. The van der Waals surface area contributed by atoms with E-state index < -0.39 is 0 Å². The summed E-state index contributed by atoms with van der Waals surface area (Å²) in [7, 11) is 0. The van der Waals surface area contributed by atoms with E-state index in [-0.39, 0.29) is 11.5 Å². The minimum absolute atomic E-state index is 0.144. The molecule has 2 N–H and O–H groups in total. The van der Waals surface area contributed by atoms with Crippen molar-refractivity contribution in [3.63, 3.8) is 0 Å². The molecule has 0 aliphatic carbocycles. The Balaban J connectivity index is 1.45. The molecule has 164 valence electrons. The molecule has 0 saturated carbocycles. The Morgan fingerprint density at radius 2 is 2.10 bits per heavy atom. The number of rotatable bonds is 7. The van der Waals surface area contributed by atoms with Crippen LogP contribution in [0.4, 0.5) is 0 Å². The van der Waals surface area contributed by atoms with Crippen LogP contribution in [0, 0.1) is 6.92 Å². The second-order valence-electron chi connectivity index (χ2n) is 7.73. The number of ether oxygens (including phenoxy) is 1. The van der Waals surface area contributed by atoms with Crippen molar-refractivity contribution in [3.05, 3.63) is 62.0 Å². The molecule has 0 radical (unpaired) electrons. The highest BCUT2D eigenvalue weighted by molar-refractivity contribution is 7.20. The minimum atomic E-state index is -0.159.